The van der Waals surface area contributed by atoms with Crippen LogP contribution in [0.15, 0.2) is 48.5 Å². The smallest absolute Gasteiger partial charge is 0.251 e. The van der Waals surface area contributed by atoms with Crippen molar-refractivity contribution >= 4 is 23.2 Å². The van der Waals surface area contributed by atoms with Crippen molar-refractivity contribution in [3.05, 3.63) is 59.7 Å². The molecule has 1 heterocycles. The van der Waals surface area contributed by atoms with E-state index in [-0.39, 0.29) is 17.9 Å². The van der Waals surface area contributed by atoms with Crippen LogP contribution in [0.3, 0.4) is 0 Å². The summed E-state index contributed by atoms with van der Waals surface area (Å²) in [6.45, 7) is 2.55. The third-order valence-corrected chi connectivity index (χ3v) is 4.26. The first-order chi connectivity index (χ1) is 11.6. The zero-order valence-corrected chi connectivity index (χ0v) is 13.9. The van der Waals surface area contributed by atoms with E-state index in [1.54, 1.807) is 25.2 Å². The average Bonchev–Trinajstić information content (AvgIpc) is 3.04. The third kappa shape index (κ3) is 3.11. The van der Waals surface area contributed by atoms with Crippen LogP contribution in [0, 0.1) is 0 Å². The molecule has 2 aromatic carbocycles. The summed E-state index contributed by atoms with van der Waals surface area (Å²) in [6, 6.07) is 14.8. The molecule has 0 fully saturated rings. The minimum absolute atomic E-state index is 0.0327. The fourth-order valence-electron chi connectivity index (χ4n) is 3.01. The molecule has 0 radical (unpaired) electrons. The van der Waals surface area contributed by atoms with Gasteiger partial charge in [-0.25, -0.2) is 0 Å². The first kappa shape index (κ1) is 16.1. The molecular formula is C19H21N3O2. The molecule has 5 heteroatoms. The molecule has 0 saturated heterocycles. The highest BCUT2D eigenvalue weighted by molar-refractivity contribution is 6.00. The van der Waals surface area contributed by atoms with E-state index in [4.69, 9.17) is 0 Å². The van der Waals surface area contributed by atoms with Crippen LogP contribution < -0.4 is 15.5 Å². The lowest BCUT2D eigenvalue weighted by molar-refractivity contribution is -0.118. The van der Waals surface area contributed by atoms with Crippen molar-refractivity contribution in [2.75, 3.05) is 23.8 Å². The molecule has 3 rings (SSSR count). The summed E-state index contributed by atoms with van der Waals surface area (Å²) in [5.74, 6) is -0.114. The van der Waals surface area contributed by atoms with Gasteiger partial charge in [0, 0.05) is 30.5 Å². The number of carbonyl (C=O) groups excluding carboxylic acids is 2. The molecule has 2 amide bonds. The van der Waals surface area contributed by atoms with Crippen molar-refractivity contribution in [3.8, 4) is 0 Å². The van der Waals surface area contributed by atoms with E-state index in [1.807, 2.05) is 36.1 Å². The normalized spacial score (nSPS) is 14.0. The lowest BCUT2D eigenvalue weighted by Crippen LogP contribution is -2.40. The molecule has 24 heavy (non-hydrogen) atoms. The Morgan fingerprint density at radius 1 is 1.12 bits per heavy atom. The summed E-state index contributed by atoms with van der Waals surface area (Å²) in [7, 11) is 1.60. The summed E-state index contributed by atoms with van der Waals surface area (Å²) >= 11 is 0. The molecule has 1 aliphatic heterocycles. The Labute approximate surface area is 141 Å². The first-order valence-corrected chi connectivity index (χ1v) is 8.08. The summed E-state index contributed by atoms with van der Waals surface area (Å²) in [5.41, 5.74) is 3.52. The molecule has 124 valence electrons. The van der Waals surface area contributed by atoms with Crippen LogP contribution in [0.25, 0.3) is 0 Å². The molecule has 0 aromatic heterocycles. The lowest BCUT2D eigenvalue weighted by atomic mass is 10.1. The molecule has 1 aliphatic rings. The molecule has 0 spiro atoms. The van der Waals surface area contributed by atoms with Gasteiger partial charge in [0.25, 0.3) is 5.91 Å². The van der Waals surface area contributed by atoms with Gasteiger partial charge in [0.2, 0.25) is 5.91 Å². The van der Waals surface area contributed by atoms with Crippen LogP contribution in [0.1, 0.15) is 22.8 Å². The fraction of sp³-hybridized carbons (Fsp3) is 0.263. The fourth-order valence-corrected chi connectivity index (χ4v) is 3.01. The van der Waals surface area contributed by atoms with Gasteiger partial charge in [-0.05, 0) is 43.2 Å². The van der Waals surface area contributed by atoms with Crippen LogP contribution in [0.2, 0.25) is 0 Å². The Hall–Kier alpha value is -2.82. The Balaban J connectivity index is 1.73. The van der Waals surface area contributed by atoms with Crippen LogP contribution in [0.4, 0.5) is 11.4 Å². The second kappa shape index (κ2) is 6.74. The zero-order valence-electron chi connectivity index (χ0n) is 13.9. The van der Waals surface area contributed by atoms with E-state index in [0.29, 0.717) is 12.1 Å². The molecule has 0 unspecified atom stereocenters. The largest absolute Gasteiger partial charge is 0.374 e. The van der Waals surface area contributed by atoms with Gasteiger partial charge in [-0.1, -0.05) is 24.3 Å². The van der Waals surface area contributed by atoms with E-state index in [2.05, 4.69) is 16.7 Å². The number of rotatable bonds is 4. The van der Waals surface area contributed by atoms with Gasteiger partial charge >= 0.3 is 0 Å². The average molecular weight is 323 g/mol. The number of nitrogens with one attached hydrogen (secondary N) is 2. The van der Waals surface area contributed by atoms with E-state index in [9.17, 15) is 9.59 Å². The van der Waals surface area contributed by atoms with Gasteiger partial charge in [-0.15, -0.1) is 0 Å². The minimum Gasteiger partial charge on any atom is -0.374 e. The standard InChI is InChI=1S/C19H21N3O2/c1-13(21-16-8-5-7-15(12-16)18(23)20-2)19(24)22-11-10-14-6-3-4-9-17(14)22/h3-9,12-13,21H,10-11H2,1-2H3,(H,20,23)/t13-/m0/s1. The maximum absolute atomic E-state index is 12.8. The monoisotopic (exact) mass is 323 g/mol. The number of para-hydroxylation sites is 1. The maximum atomic E-state index is 12.8. The van der Waals surface area contributed by atoms with E-state index >= 15 is 0 Å². The van der Waals surface area contributed by atoms with Crippen LogP contribution in [0.5, 0.6) is 0 Å². The molecule has 2 aromatic rings. The highest BCUT2D eigenvalue weighted by atomic mass is 16.2. The number of hydrogen-bond acceptors (Lipinski definition) is 3. The van der Waals surface area contributed by atoms with Gasteiger partial charge in [0.1, 0.15) is 6.04 Å². The van der Waals surface area contributed by atoms with E-state index in [1.165, 1.54) is 5.56 Å². The predicted molar refractivity (Wildman–Crippen MR) is 95.4 cm³/mol. The van der Waals surface area contributed by atoms with Crippen molar-refractivity contribution in [1.29, 1.82) is 0 Å². The predicted octanol–water partition coefficient (Wildman–Crippen LogP) is 2.44. The molecule has 5 nitrogen and oxygen atoms in total. The first-order valence-electron chi connectivity index (χ1n) is 8.08. The number of benzene rings is 2. The quantitative estimate of drug-likeness (QED) is 0.908. The SMILES string of the molecule is CNC(=O)c1cccc(N[C@@H](C)C(=O)N2CCc3ccccc32)c1. The Morgan fingerprint density at radius 3 is 2.71 bits per heavy atom. The number of nitrogens with zero attached hydrogens (tertiary/aromatic N) is 1. The van der Waals surface area contributed by atoms with Gasteiger partial charge in [0.15, 0.2) is 0 Å². The zero-order chi connectivity index (χ0) is 17.1. The summed E-state index contributed by atoms with van der Waals surface area (Å²) in [5, 5.41) is 5.80. The molecular weight excluding hydrogens is 302 g/mol. The summed E-state index contributed by atoms with van der Waals surface area (Å²) in [6.07, 6.45) is 0.890. The topological polar surface area (TPSA) is 61.4 Å². The molecule has 0 bridgehead atoms. The van der Waals surface area contributed by atoms with E-state index < -0.39 is 0 Å². The molecule has 2 N–H and O–H groups in total. The Kier molecular flexibility index (Phi) is 4.51. The highest BCUT2D eigenvalue weighted by Gasteiger charge is 2.27. The number of amides is 2. The number of carbonyl (C=O) groups is 2. The van der Waals surface area contributed by atoms with Crippen LogP contribution in [-0.2, 0) is 11.2 Å². The molecule has 1 atom stereocenters. The Morgan fingerprint density at radius 2 is 1.92 bits per heavy atom. The van der Waals surface area contributed by atoms with Gasteiger partial charge in [-0.2, -0.15) is 0 Å². The molecule has 0 aliphatic carbocycles. The Bertz CT molecular complexity index is 773. The third-order valence-electron chi connectivity index (χ3n) is 4.26. The van der Waals surface area contributed by atoms with Crippen molar-refractivity contribution in [3.63, 3.8) is 0 Å². The van der Waals surface area contributed by atoms with Gasteiger partial charge in [-0.3, -0.25) is 9.59 Å². The number of anilines is 2. The highest BCUT2D eigenvalue weighted by Crippen LogP contribution is 2.28. The summed E-state index contributed by atoms with van der Waals surface area (Å²) < 4.78 is 0. The number of fused-ring (bicyclic) bond motifs is 1. The van der Waals surface area contributed by atoms with Crippen molar-refractivity contribution in [2.24, 2.45) is 0 Å². The summed E-state index contributed by atoms with van der Waals surface area (Å²) in [4.78, 5) is 26.3. The van der Waals surface area contributed by atoms with Crippen molar-refractivity contribution in [1.82, 2.24) is 5.32 Å². The molecule has 0 saturated carbocycles. The van der Waals surface area contributed by atoms with E-state index in [0.717, 1.165) is 17.8 Å². The van der Waals surface area contributed by atoms with Gasteiger partial charge in [0.05, 0.1) is 0 Å². The maximum Gasteiger partial charge on any atom is 0.251 e. The second-order valence-corrected chi connectivity index (χ2v) is 5.89. The van der Waals surface area contributed by atoms with Crippen molar-refractivity contribution in [2.45, 2.75) is 19.4 Å². The minimum atomic E-state index is -0.379. The van der Waals surface area contributed by atoms with Crippen LogP contribution >= 0.6 is 0 Å². The van der Waals surface area contributed by atoms with Crippen molar-refractivity contribution < 1.29 is 9.59 Å². The van der Waals surface area contributed by atoms with Gasteiger partial charge < -0.3 is 15.5 Å². The number of hydrogen-bond donors (Lipinski definition) is 2. The lowest BCUT2D eigenvalue weighted by Gasteiger charge is -2.23. The second-order valence-electron chi connectivity index (χ2n) is 5.89. The van der Waals surface area contributed by atoms with Crippen LogP contribution in [-0.4, -0.2) is 31.4 Å².